The zero-order chi connectivity index (χ0) is 27.5. The lowest BCUT2D eigenvalue weighted by Crippen LogP contribution is -2.29. The number of thiazole rings is 1. The monoisotopic (exact) mass is 799 g/mol. The van der Waals surface area contributed by atoms with Crippen LogP contribution in [-0.2, 0) is 4.79 Å². The second-order valence-corrected chi connectivity index (χ2v) is 14.1. The Hall–Kier alpha value is -1.57. The molecule has 2 heterocycles. The second kappa shape index (κ2) is 10.8. The molecule has 0 spiro atoms. The Labute approximate surface area is 260 Å². The number of carbonyl (C=O) groups is 3. The molecule has 3 aromatic carbocycles. The number of imide groups is 1. The van der Waals surface area contributed by atoms with Crippen LogP contribution in [-0.4, -0.2) is 28.5 Å². The molecule has 0 saturated heterocycles. The molecule has 4 aromatic rings. The smallest absolute Gasteiger partial charge is 0.267 e. The Morgan fingerprint density at radius 3 is 2.08 bits per heavy atom. The summed E-state index contributed by atoms with van der Waals surface area (Å²) in [4.78, 5) is 45.1. The van der Waals surface area contributed by atoms with Crippen LogP contribution in [0.5, 0.6) is 0 Å². The standard InChI is InChI=1S/C26H17Br4N3O3S2/c1-10-6-11(2)23(12(3)7-10)32-16(34)9-37-26-31-14-5-4-13(8-15(14)38-26)33-24(35)17-18(25(33)36)20(28)22(30)21(29)19(17)27/h4-8H,9H2,1-3H3,(H,32,34). The predicted molar refractivity (Wildman–Crippen MR) is 168 cm³/mol. The van der Waals surface area contributed by atoms with Crippen LogP contribution >= 0.6 is 86.8 Å². The maximum absolute atomic E-state index is 13.3. The van der Waals surface area contributed by atoms with Gasteiger partial charge in [-0.1, -0.05) is 29.5 Å². The van der Waals surface area contributed by atoms with Gasteiger partial charge in [0.25, 0.3) is 11.8 Å². The molecule has 0 bridgehead atoms. The van der Waals surface area contributed by atoms with Crippen molar-refractivity contribution in [1.29, 1.82) is 0 Å². The highest BCUT2D eigenvalue weighted by Gasteiger charge is 2.42. The van der Waals surface area contributed by atoms with Gasteiger partial charge in [-0.25, -0.2) is 9.88 Å². The van der Waals surface area contributed by atoms with Crippen LogP contribution < -0.4 is 10.2 Å². The van der Waals surface area contributed by atoms with Gasteiger partial charge in [-0.15, -0.1) is 11.3 Å². The van der Waals surface area contributed by atoms with Crippen LogP contribution in [0.1, 0.15) is 37.4 Å². The number of halogens is 4. The van der Waals surface area contributed by atoms with E-state index in [1.54, 1.807) is 18.2 Å². The SMILES string of the molecule is Cc1cc(C)c(NC(=O)CSc2nc3ccc(N4C(=O)c5c(Br)c(Br)c(Br)c(Br)c5C4=O)cc3s2)c(C)c1. The number of nitrogens with zero attached hydrogens (tertiary/aromatic N) is 2. The van der Waals surface area contributed by atoms with Crippen molar-refractivity contribution in [1.82, 2.24) is 4.98 Å². The van der Waals surface area contributed by atoms with Crippen LogP contribution in [0.2, 0.25) is 0 Å². The van der Waals surface area contributed by atoms with Crippen molar-refractivity contribution in [2.45, 2.75) is 25.1 Å². The van der Waals surface area contributed by atoms with Crippen LogP contribution in [0.15, 0.2) is 52.6 Å². The van der Waals surface area contributed by atoms with Crippen molar-refractivity contribution < 1.29 is 14.4 Å². The molecule has 1 N–H and O–H groups in total. The first-order valence-corrected chi connectivity index (χ1v) is 16.1. The zero-order valence-corrected chi connectivity index (χ0v) is 28.0. The van der Waals surface area contributed by atoms with E-state index in [-0.39, 0.29) is 11.7 Å². The Bertz CT molecular complexity index is 1630. The zero-order valence-electron chi connectivity index (χ0n) is 20.0. The molecule has 1 aromatic heterocycles. The van der Waals surface area contributed by atoms with E-state index in [1.807, 2.05) is 32.9 Å². The van der Waals surface area contributed by atoms with Crippen molar-refractivity contribution in [2.24, 2.45) is 0 Å². The summed E-state index contributed by atoms with van der Waals surface area (Å²) in [6.45, 7) is 6.00. The first kappa shape index (κ1) is 28.0. The summed E-state index contributed by atoms with van der Waals surface area (Å²) < 4.78 is 3.84. The first-order chi connectivity index (χ1) is 18.0. The maximum atomic E-state index is 13.3. The average Bonchev–Trinajstić information content (AvgIpc) is 3.39. The largest absolute Gasteiger partial charge is 0.325 e. The van der Waals surface area contributed by atoms with E-state index in [9.17, 15) is 14.4 Å². The first-order valence-electron chi connectivity index (χ1n) is 11.1. The topological polar surface area (TPSA) is 79.4 Å². The normalized spacial score (nSPS) is 13.0. The molecule has 38 heavy (non-hydrogen) atoms. The summed E-state index contributed by atoms with van der Waals surface area (Å²) in [5.41, 5.74) is 5.83. The van der Waals surface area contributed by atoms with Crippen LogP contribution in [0.4, 0.5) is 11.4 Å². The van der Waals surface area contributed by atoms with Gasteiger partial charge in [-0.3, -0.25) is 14.4 Å². The minimum absolute atomic E-state index is 0.107. The van der Waals surface area contributed by atoms with E-state index >= 15 is 0 Å². The number of thioether (sulfide) groups is 1. The summed E-state index contributed by atoms with van der Waals surface area (Å²) in [5, 5.41) is 3.01. The molecule has 0 unspecified atom stereocenters. The average molecular weight is 803 g/mol. The molecule has 0 fully saturated rings. The molecule has 0 radical (unpaired) electrons. The highest BCUT2D eigenvalue weighted by Crippen LogP contribution is 2.46. The van der Waals surface area contributed by atoms with Crippen LogP contribution in [0.3, 0.4) is 0 Å². The van der Waals surface area contributed by atoms with Gasteiger partial charge >= 0.3 is 0 Å². The van der Waals surface area contributed by atoms with Crippen molar-refractivity contribution in [3.05, 3.63) is 76.0 Å². The van der Waals surface area contributed by atoms with E-state index in [1.165, 1.54) is 28.0 Å². The molecule has 0 aliphatic carbocycles. The third-order valence-electron chi connectivity index (χ3n) is 5.98. The third-order valence-corrected chi connectivity index (χ3v) is 12.9. The van der Waals surface area contributed by atoms with E-state index in [2.05, 4.69) is 74.0 Å². The summed E-state index contributed by atoms with van der Waals surface area (Å²) in [5.74, 6) is -0.724. The second-order valence-electron chi connectivity index (χ2n) is 8.69. The van der Waals surface area contributed by atoms with Gasteiger partial charge in [-0.2, -0.15) is 0 Å². The van der Waals surface area contributed by atoms with Crippen molar-refractivity contribution in [2.75, 3.05) is 16.0 Å². The summed E-state index contributed by atoms with van der Waals surface area (Å²) in [6.07, 6.45) is 0. The number of anilines is 2. The van der Waals surface area contributed by atoms with E-state index in [0.29, 0.717) is 34.7 Å². The Morgan fingerprint density at radius 1 is 0.921 bits per heavy atom. The van der Waals surface area contributed by atoms with Crippen LogP contribution in [0, 0.1) is 20.8 Å². The number of benzene rings is 3. The number of aryl methyl sites for hydroxylation is 3. The highest BCUT2D eigenvalue weighted by atomic mass is 79.9. The number of rotatable bonds is 5. The van der Waals surface area contributed by atoms with Crippen LogP contribution in [0.25, 0.3) is 10.2 Å². The lowest BCUT2D eigenvalue weighted by Gasteiger charge is -2.13. The van der Waals surface area contributed by atoms with Crippen molar-refractivity contribution in [3.63, 3.8) is 0 Å². The Kier molecular flexibility index (Phi) is 7.93. The van der Waals surface area contributed by atoms with Crippen molar-refractivity contribution in [3.8, 4) is 0 Å². The molecule has 3 amide bonds. The Balaban J connectivity index is 1.36. The number of aromatic nitrogens is 1. The van der Waals surface area contributed by atoms with Gasteiger partial charge < -0.3 is 5.32 Å². The molecule has 1 aliphatic heterocycles. The van der Waals surface area contributed by atoms with Gasteiger partial charge in [0, 0.05) is 23.6 Å². The van der Waals surface area contributed by atoms with E-state index in [4.69, 9.17) is 0 Å². The highest BCUT2D eigenvalue weighted by molar-refractivity contribution is 9.15. The Morgan fingerprint density at radius 2 is 1.50 bits per heavy atom. The third kappa shape index (κ3) is 4.92. The molecule has 194 valence electrons. The lowest BCUT2D eigenvalue weighted by molar-refractivity contribution is -0.113. The molecular formula is C26H17Br4N3O3S2. The summed E-state index contributed by atoms with van der Waals surface area (Å²) >= 11 is 16.6. The number of fused-ring (bicyclic) bond motifs is 2. The molecule has 5 rings (SSSR count). The molecule has 0 atom stereocenters. The molecule has 0 saturated carbocycles. The van der Waals surface area contributed by atoms with Gasteiger partial charge in [0.1, 0.15) is 0 Å². The summed E-state index contributed by atoms with van der Waals surface area (Å²) in [7, 11) is 0. The molecule has 1 aliphatic rings. The molecule has 6 nitrogen and oxygen atoms in total. The van der Waals surface area contributed by atoms with Gasteiger partial charge in [0.2, 0.25) is 5.91 Å². The predicted octanol–water partition coefficient (Wildman–Crippen LogP) is 8.80. The molecular weight excluding hydrogens is 786 g/mol. The number of amides is 3. The number of carbonyl (C=O) groups excluding carboxylic acids is 3. The van der Waals surface area contributed by atoms with E-state index < -0.39 is 11.8 Å². The number of hydrogen-bond donors (Lipinski definition) is 1. The number of nitrogens with one attached hydrogen (secondary N) is 1. The van der Waals surface area contributed by atoms with Gasteiger partial charge in [-0.05, 0) is 114 Å². The summed E-state index contributed by atoms with van der Waals surface area (Å²) in [6, 6.07) is 9.36. The van der Waals surface area contributed by atoms with Gasteiger partial charge in [0.05, 0.1) is 32.8 Å². The minimum atomic E-state index is -0.414. The number of hydrogen-bond acceptors (Lipinski definition) is 6. The fourth-order valence-corrected chi connectivity index (χ4v) is 8.72. The lowest BCUT2D eigenvalue weighted by atomic mass is 10.1. The molecule has 12 heteroatoms. The fourth-order valence-electron chi connectivity index (χ4n) is 4.36. The minimum Gasteiger partial charge on any atom is -0.325 e. The quantitative estimate of drug-likeness (QED) is 0.0945. The van der Waals surface area contributed by atoms with Gasteiger partial charge in [0.15, 0.2) is 4.34 Å². The van der Waals surface area contributed by atoms with E-state index in [0.717, 1.165) is 36.9 Å². The van der Waals surface area contributed by atoms with Crippen molar-refractivity contribution >= 4 is 126 Å². The fraction of sp³-hybridized carbons (Fsp3) is 0.154. The maximum Gasteiger partial charge on any atom is 0.267 e.